The zero-order valence-electron chi connectivity index (χ0n) is 8.42. The van der Waals surface area contributed by atoms with Crippen LogP contribution in [0.4, 0.5) is 5.69 Å². The highest BCUT2D eigenvalue weighted by Crippen LogP contribution is 2.16. The molecule has 1 N–H and O–H groups in total. The highest BCUT2D eigenvalue weighted by Gasteiger charge is 2.02. The second-order valence-corrected chi connectivity index (χ2v) is 3.09. The van der Waals surface area contributed by atoms with Crippen molar-refractivity contribution in [2.45, 2.75) is 19.8 Å². The van der Waals surface area contributed by atoms with Gasteiger partial charge in [0, 0.05) is 12.1 Å². The highest BCUT2D eigenvalue weighted by atomic mass is 16.1. The molecule has 0 aromatic heterocycles. The van der Waals surface area contributed by atoms with Gasteiger partial charge in [-0.25, -0.2) is 0 Å². The van der Waals surface area contributed by atoms with E-state index in [0.717, 1.165) is 17.7 Å². The van der Waals surface area contributed by atoms with Crippen LogP contribution in [0.5, 0.6) is 0 Å². The number of benzene rings is 1. The highest BCUT2D eigenvalue weighted by molar-refractivity contribution is 5.92. The van der Waals surface area contributed by atoms with Gasteiger partial charge in [-0.05, 0) is 18.1 Å². The second kappa shape index (κ2) is 5.22. The zero-order chi connectivity index (χ0) is 10.4. The number of carbonyl (C=O) groups excluding carboxylic acids is 1. The van der Waals surface area contributed by atoms with Crippen molar-refractivity contribution < 1.29 is 4.79 Å². The van der Waals surface area contributed by atoms with Gasteiger partial charge in [0.2, 0.25) is 5.91 Å². The fraction of sp³-hybridized carbons (Fsp3) is 0.250. The number of hydrogen-bond donors (Lipinski definition) is 1. The third-order valence-corrected chi connectivity index (χ3v) is 1.93. The molecule has 0 saturated heterocycles. The summed E-state index contributed by atoms with van der Waals surface area (Å²) in [4.78, 5) is 11.3. The first kappa shape index (κ1) is 10.5. The fourth-order valence-corrected chi connectivity index (χ4v) is 1.23. The topological polar surface area (TPSA) is 29.1 Å². The van der Waals surface area contributed by atoms with E-state index in [1.165, 1.54) is 0 Å². The number of amides is 1. The molecule has 0 bridgehead atoms. The van der Waals surface area contributed by atoms with Crippen molar-refractivity contribution in [3.63, 3.8) is 0 Å². The van der Waals surface area contributed by atoms with Gasteiger partial charge in [-0.3, -0.25) is 4.79 Å². The number of carbonyl (C=O) groups is 1. The maximum absolute atomic E-state index is 11.3. The van der Waals surface area contributed by atoms with Gasteiger partial charge < -0.3 is 5.32 Å². The van der Waals surface area contributed by atoms with Crippen molar-refractivity contribution in [2.24, 2.45) is 0 Å². The molecule has 0 heterocycles. The van der Waals surface area contributed by atoms with Crippen LogP contribution in [0.1, 0.15) is 25.3 Å². The van der Waals surface area contributed by atoms with Gasteiger partial charge in [-0.2, -0.15) is 0 Å². The third-order valence-electron chi connectivity index (χ3n) is 1.93. The summed E-state index contributed by atoms with van der Waals surface area (Å²) >= 11 is 0. The van der Waals surface area contributed by atoms with Gasteiger partial charge in [0.25, 0.3) is 0 Å². The maximum atomic E-state index is 11.3. The lowest BCUT2D eigenvalue weighted by Crippen LogP contribution is -2.11. The Labute approximate surface area is 84.6 Å². The molecule has 74 valence electrons. The van der Waals surface area contributed by atoms with E-state index in [2.05, 4.69) is 11.9 Å². The first-order chi connectivity index (χ1) is 6.77. The molecule has 0 radical (unpaired) electrons. The van der Waals surface area contributed by atoms with Crippen molar-refractivity contribution in [3.05, 3.63) is 36.4 Å². The summed E-state index contributed by atoms with van der Waals surface area (Å²) in [5.41, 5.74) is 1.79. The zero-order valence-corrected chi connectivity index (χ0v) is 8.42. The van der Waals surface area contributed by atoms with E-state index in [9.17, 15) is 4.79 Å². The number of rotatable bonds is 4. The Kier molecular flexibility index (Phi) is 3.92. The van der Waals surface area contributed by atoms with E-state index in [1.807, 2.05) is 31.2 Å². The summed E-state index contributed by atoms with van der Waals surface area (Å²) in [6.45, 7) is 5.68. The Morgan fingerprint density at radius 3 is 2.86 bits per heavy atom. The van der Waals surface area contributed by atoms with Gasteiger partial charge in [0.05, 0.1) is 0 Å². The molecule has 1 amide bonds. The van der Waals surface area contributed by atoms with Crippen LogP contribution >= 0.6 is 0 Å². The monoisotopic (exact) mass is 189 g/mol. The van der Waals surface area contributed by atoms with Gasteiger partial charge in [-0.1, -0.05) is 37.8 Å². The predicted octanol–water partition coefficient (Wildman–Crippen LogP) is 3.07. The van der Waals surface area contributed by atoms with E-state index in [1.54, 1.807) is 6.08 Å². The molecule has 14 heavy (non-hydrogen) atoms. The summed E-state index contributed by atoms with van der Waals surface area (Å²) in [6, 6.07) is 7.63. The Balaban J connectivity index is 2.75. The molecule has 0 aliphatic rings. The van der Waals surface area contributed by atoms with Crippen LogP contribution in [0, 0.1) is 0 Å². The summed E-state index contributed by atoms with van der Waals surface area (Å²) < 4.78 is 0. The quantitative estimate of drug-likeness (QED) is 0.774. The Bertz CT molecular complexity index is 331. The van der Waals surface area contributed by atoms with Crippen molar-refractivity contribution >= 4 is 17.7 Å². The SMILES string of the molecule is C=Cc1ccccc1NC(=O)CCC. The fourth-order valence-electron chi connectivity index (χ4n) is 1.23. The number of anilines is 1. The molecule has 0 aliphatic carbocycles. The Morgan fingerprint density at radius 2 is 2.21 bits per heavy atom. The van der Waals surface area contributed by atoms with Crippen LogP contribution in [-0.4, -0.2) is 5.91 Å². The lowest BCUT2D eigenvalue weighted by atomic mass is 10.1. The molecule has 1 rings (SSSR count). The van der Waals surface area contributed by atoms with Crippen LogP contribution in [0.25, 0.3) is 6.08 Å². The van der Waals surface area contributed by atoms with Gasteiger partial charge in [0.1, 0.15) is 0 Å². The molecule has 0 fully saturated rings. The summed E-state index contributed by atoms with van der Waals surface area (Å²) in [5, 5.41) is 2.85. The Hall–Kier alpha value is -1.57. The van der Waals surface area contributed by atoms with Gasteiger partial charge in [-0.15, -0.1) is 0 Å². The van der Waals surface area contributed by atoms with Gasteiger partial charge >= 0.3 is 0 Å². The molecule has 2 heteroatoms. The van der Waals surface area contributed by atoms with Crippen molar-refractivity contribution in [1.29, 1.82) is 0 Å². The van der Waals surface area contributed by atoms with Crippen LogP contribution in [0.3, 0.4) is 0 Å². The molecule has 1 aromatic rings. The molecule has 0 saturated carbocycles. The molecule has 0 aliphatic heterocycles. The van der Waals surface area contributed by atoms with E-state index in [4.69, 9.17) is 0 Å². The van der Waals surface area contributed by atoms with E-state index in [-0.39, 0.29) is 5.91 Å². The molecule has 0 unspecified atom stereocenters. The lowest BCUT2D eigenvalue weighted by Gasteiger charge is -2.07. The molecule has 0 spiro atoms. The molecule has 1 aromatic carbocycles. The van der Waals surface area contributed by atoms with Crippen molar-refractivity contribution in [1.82, 2.24) is 0 Å². The lowest BCUT2D eigenvalue weighted by molar-refractivity contribution is -0.116. The number of para-hydroxylation sites is 1. The summed E-state index contributed by atoms with van der Waals surface area (Å²) in [5.74, 6) is 0.0572. The molecule has 2 nitrogen and oxygen atoms in total. The minimum Gasteiger partial charge on any atom is -0.326 e. The minimum atomic E-state index is 0.0572. The van der Waals surface area contributed by atoms with E-state index < -0.39 is 0 Å². The number of hydrogen-bond acceptors (Lipinski definition) is 1. The largest absolute Gasteiger partial charge is 0.326 e. The smallest absolute Gasteiger partial charge is 0.224 e. The minimum absolute atomic E-state index is 0.0572. The maximum Gasteiger partial charge on any atom is 0.224 e. The normalized spacial score (nSPS) is 9.50. The van der Waals surface area contributed by atoms with Gasteiger partial charge in [0.15, 0.2) is 0 Å². The van der Waals surface area contributed by atoms with E-state index in [0.29, 0.717) is 6.42 Å². The average molecular weight is 189 g/mol. The first-order valence-corrected chi connectivity index (χ1v) is 4.79. The Morgan fingerprint density at radius 1 is 1.50 bits per heavy atom. The summed E-state index contributed by atoms with van der Waals surface area (Å²) in [7, 11) is 0. The standard InChI is InChI=1S/C12H15NO/c1-3-7-12(14)13-11-9-6-5-8-10(11)4-2/h4-6,8-9H,2-3,7H2,1H3,(H,13,14). The van der Waals surface area contributed by atoms with Crippen molar-refractivity contribution in [3.8, 4) is 0 Å². The first-order valence-electron chi connectivity index (χ1n) is 4.79. The third kappa shape index (κ3) is 2.73. The van der Waals surface area contributed by atoms with Crippen LogP contribution in [0.2, 0.25) is 0 Å². The second-order valence-electron chi connectivity index (χ2n) is 3.09. The van der Waals surface area contributed by atoms with Crippen LogP contribution in [0.15, 0.2) is 30.8 Å². The number of nitrogens with one attached hydrogen (secondary N) is 1. The average Bonchev–Trinajstić information content (AvgIpc) is 2.19. The van der Waals surface area contributed by atoms with Crippen LogP contribution in [-0.2, 0) is 4.79 Å². The molecular weight excluding hydrogens is 174 g/mol. The summed E-state index contributed by atoms with van der Waals surface area (Å²) in [6.07, 6.45) is 3.16. The molecule has 0 atom stereocenters. The predicted molar refractivity (Wildman–Crippen MR) is 60.1 cm³/mol. The van der Waals surface area contributed by atoms with Crippen LogP contribution < -0.4 is 5.32 Å². The van der Waals surface area contributed by atoms with E-state index >= 15 is 0 Å². The molecular formula is C12H15NO. The van der Waals surface area contributed by atoms with Crippen molar-refractivity contribution in [2.75, 3.05) is 5.32 Å².